The quantitative estimate of drug-likeness (QED) is 0.862. The summed E-state index contributed by atoms with van der Waals surface area (Å²) in [6.07, 6.45) is 1.71. The molecule has 1 rings (SSSR count). The van der Waals surface area contributed by atoms with Crippen LogP contribution in [0.15, 0.2) is 0 Å². The number of rotatable bonds is 5. The summed E-state index contributed by atoms with van der Waals surface area (Å²) in [4.78, 5) is 4.35. The van der Waals surface area contributed by atoms with Gasteiger partial charge in [0.15, 0.2) is 0 Å². The van der Waals surface area contributed by atoms with Crippen molar-refractivity contribution in [1.29, 1.82) is 0 Å². The van der Waals surface area contributed by atoms with Crippen LogP contribution in [-0.4, -0.2) is 31.6 Å². The van der Waals surface area contributed by atoms with Crippen LogP contribution in [-0.2, 0) is 10.8 Å². The molecule has 15 heavy (non-hydrogen) atoms. The summed E-state index contributed by atoms with van der Waals surface area (Å²) < 4.78 is 15.2. The first-order valence-electron chi connectivity index (χ1n) is 4.89. The van der Waals surface area contributed by atoms with Crippen LogP contribution in [0, 0.1) is 0 Å². The first-order chi connectivity index (χ1) is 6.99. The summed E-state index contributed by atoms with van der Waals surface area (Å²) in [5.41, 5.74) is 0. The van der Waals surface area contributed by atoms with Gasteiger partial charge in [0.05, 0.1) is 0 Å². The van der Waals surface area contributed by atoms with E-state index in [9.17, 15) is 4.21 Å². The zero-order valence-corrected chi connectivity index (χ0v) is 11.1. The lowest BCUT2D eigenvalue weighted by molar-refractivity contribution is 0.683. The third kappa shape index (κ3) is 4.25. The van der Waals surface area contributed by atoms with Crippen molar-refractivity contribution in [2.24, 2.45) is 0 Å². The van der Waals surface area contributed by atoms with E-state index < -0.39 is 10.8 Å². The molecule has 0 saturated carbocycles. The van der Waals surface area contributed by atoms with Crippen molar-refractivity contribution in [2.75, 3.05) is 17.3 Å². The van der Waals surface area contributed by atoms with E-state index >= 15 is 0 Å². The third-order valence-corrected chi connectivity index (χ3v) is 3.44. The predicted molar refractivity (Wildman–Crippen MR) is 66.0 cm³/mol. The standard InChI is InChI=1S/C9H17N3OS2/c1-6(2)8-11-9(14-12-8)10-7(3)5-15(4)13/h6-7H,5H2,1-4H3,(H,10,11,12). The van der Waals surface area contributed by atoms with Crippen LogP contribution in [0.1, 0.15) is 32.5 Å². The van der Waals surface area contributed by atoms with Gasteiger partial charge < -0.3 is 5.32 Å². The van der Waals surface area contributed by atoms with Crippen molar-refractivity contribution in [2.45, 2.75) is 32.7 Å². The van der Waals surface area contributed by atoms with E-state index in [1.165, 1.54) is 11.5 Å². The van der Waals surface area contributed by atoms with Gasteiger partial charge in [-0.2, -0.15) is 4.37 Å². The van der Waals surface area contributed by atoms with Crippen LogP contribution >= 0.6 is 11.5 Å². The van der Waals surface area contributed by atoms with E-state index in [0.29, 0.717) is 11.7 Å². The smallest absolute Gasteiger partial charge is 0.202 e. The second kappa shape index (κ2) is 5.55. The van der Waals surface area contributed by atoms with E-state index in [4.69, 9.17) is 0 Å². The minimum Gasteiger partial charge on any atom is -0.357 e. The monoisotopic (exact) mass is 247 g/mol. The lowest BCUT2D eigenvalue weighted by Crippen LogP contribution is -2.22. The zero-order chi connectivity index (χ0) is 11.4. The average Bonchev–Trinajstić information content (AvgIpc) is 2.50. The van der Waals surface area contributed by atoms with Crippen molar-refractivity contribution >= 4 is 27.5 Å². The maximum Gasteiger partial charge on any atom is 0.202 e. The van der Waals surface area contributed by atoms with Crippen molar-refractivity contribution in [1.82, 2.24) is 9.36 Å². The Labute approximate surface area is 97.1 Å². The highest BCUT2D eigenvalue weighted by molar-refractivity contribution is 7.84. The second-order valence-corrected chi connectivity index (χ2v) is 6.13. The molecule has 1 N–H and O–H groups in total. The molecule has 1 aromatic heterocycles. The maximum atomic E-state index is 11.0. The van der Waals surface area contributed by atoms with Gasteiger partial charge in [-0.1, -0.05) is 13.8 Å². The van der Waals surface area contributed by atoms with E-state index in [1.54, 1.807) is 6.26 Å². The molecule has 2 atom stereocenters. The summed E-state index contributed by atoms with van der Waals surface area (Å²) in [6.45, 7) is 6.13. The van der Waals surface area contributed by atoms with Crippen molar-refractivity contribution < 1.29 is 4.21 Å². The van der Waals surface area contributed by atoms with Gasteiger partial charge in [0.25, 0.3) is 0 Å². The lowest BCUT2D eigenvalue weighted by atomic mass is 10.2. The average molecular weight is 247 g/mol. The summed E-state index contributed by atoms with van der Waals surface area (Å²) in [7, 11) is -0.777. The van der Waals surface area contributed by atoms with Gasteiger partial charge >= 0.3 is 0 Å². The predicted octanol–water partition coefficient (Wildman–Crippen LogP) is 1.84. The Morgan fingerprint density at radius 3 is 2.60 bits per heavy atom. The van der Waals surface area contributed by atoms with Crippen LogP contribution in [0.3, 0.4) is 0 Å². The highest BCUT2D eigenvalue weighted by atomic mass is 32.2. The summed E-state index contributed by atoms with van der Waals surface area (Å²) in [5, 5.41) is 4.02. The summed E-state index contributed by atoms with van der Waals surface area (Å²) >= 11 is 1.36. The van der Waals surface area contributed by atoms with Crippen molar-refractivity contribution in [3.05, 3.63) is 5.82 Å². The Morgan fingerprint density at radius 2 is 2.13 bits per heavy atom. The Hall–Kier alpha value is -0.490. The van der Waals surface area contributed by atoms with Gasteiger partial charge in [0.1, 0.15) is 5.82 Å². The van der Waals surface area contributed by atoms with Crippen LogP contribution in [0.25, 0.3) is 0 Å². The molecule has 0 aromatic carbocycles. The number of anilines is 1. The lowest BCUT2D eigenvalue weighted by Gasteiger charge is -2.09. The normalized spacial score (nSPS) is 15.3. The molecular formula is C9H17N3OS2. The molecule has 86 valence electrons. The summed E-state index contributed by atoms with van der Waals surface area (Å²) in [6, 6.07) is 0.170. The fraction of sp³-hybridized carbons (Fsp3) is 0.778. The fourth-order valence-electron chi connectivity index (χ4n) is 1.13. The number of nitrogens with zero attached hydrogens (tertiary/aromatic N) is 2. The van der Waals surface area contributed by atoms with Crippen molar-refractivity contribution in [3.63, 3.8) is 0 Å². The Balaban J connectivity index is 2.53. The van der Waals surface area contributed by atoms with E-state index in [-0.39, 0.29) is 6.04 Å². The van der Waals surface area contributed by atoms with Crippen molar-refractivity contribution in [3.8, 4) is 0 Å². The van der Waals surface area contributed by atoms with Crippen LogP contribution in [0.2, 0.25) is 0 Å². The Kier molecular flexibility index (Phi) is 4.66. The maximum absolute atomic E-state index is 11.0. The highest BCUT2D eigenvalue weighted by Gasteiger charge is 2.10. The van der Waals surface area contributed by atoms with Crippen LogP contribution in [0.4, 0.5) is 5.13 Å². The molecule has 0 spiro atoms. The molecule has 0 saturated heterocycles. The SMILES string of the molecule is CC(CS(C)=O)Nc1nc(C(C)C)ns1. The van der Waals surface area contributed by atoms with Gasteiger partial charge in [0.2, 0.25) is 5.13 Å². The molecule has 2 unspecified atom stereocenters. The molecule has 1 heterocycles. The highest BCUT2D eigenvalue weighted by Crippen LogP contribution is 2.17. The number of hydrogen-bond acceptors (Lipinski definition) is 5. The van der Waals surface area contributed by atoms with E-state index in [2.05, 4.69) is 28.5 Å². The molecule has 0 aliphatic carbocycles. The molecule has 0 radical (unpaired) electrons. The molecule has 0 aliphatic heterocycles. The first-order valence-corrected chi connectivity index (χ1v) is 7.39. The van der Waals surface area contributed by atoms with Gasteiger partial charge in [0, 0.05) is 46.3 Å². The molecule has 0 aliphatic rings. The molecule has 0 bridgehead atoms. The number of hydrogen-bond donors (Lipinski definition) is 1. The second-order valence-electron chi connectivity index (χ2n) is 3.90. The topological polar surface area (TPSA) is 54.9 Å². The minimum absolute atomic E-state index is 0.170. The molecular weight excluding hydrogens is 230 g/mol. The minimum atomic E-state index is -0.777. The number of aromatic nitrogens is 2. The largest absolute Gasteiger partial charge is 0.357 e. The Morgan fingerprint density at radius 1 is 1.47 bits per heavy atom. The first kappa shape index (κ1) is 12.6. The fourth-order valence-corrected chi connectivity index (χ4v) is 2.74. The van der Waals surface area contributed by atoms with Crippen LogP contribution in [0.5, 0.6) is 0 Å². The zero-order valence-electron chi connectivity index (χ0n) is 9.48. The van der Waals surface area contributed by atoms with Gasteiger partial charge in [-0.3, -0.25) is 4.21 Å². The molecule has 1 aromatic rings. The molecule has 0 amide bonds. The van der Waals surface area contributed by atoms with Crippen LogP contribution < -0.4 is 5.32 Å². The third-order valence-electron chi connectivity index (χ3n) is 1.81. The molecule has 0 fully saturated rings. The summed E-state index contributed by atoms with van der Waals surface area (Å²) in [5.74, 6) is 1.86. The van der Waals surface area contributed by atoms with Gasteiger partial charge in [-0.05, 0) is 6.92 Å². The van der Waals surface area contributed by atoms with Gasteiger partial charge in [-0.25, -0.2) is 4.98 Å². The van der Waals surface area contributed by atoms with E-state index in [0.717, 1.165) is 11.0 Å². The number of nitrogens with one attached hydrogen (secondary N) is 1. The Bertz CT molecular complexity index is 338. The van der Waals surface area contributed by atoms with Gasteiger partial charge in [-0.15, -0.1) is 0 Å². The van der Waals surface area contributed by atoms with E-state index in [1.807, 2.05) is 6.92 Å². The molecule has 6 heteroatoms. The molecule has 4 nitrogen and oxygen atoms in total.